The first-order chi connectivity index (χ1) is 11.6. The monoisotopic (exact) mass is 325 g/mol. The molecule has 126 valence electrons. The minimum Gasteiger partial charge on any atom is -0.396 e. The highest BCUT2D eigenvalue weighted by molar-refractivity contribution is 5.98. The molecule has 0 aliphatic heterocycles. The van der Waals surface area contributed by atoms with E-state index in [4.69, 9.17) is 5.11 Å². The van der Waals surface area contributed by atoms with Crippen LogP contribution in [-0.4, -0.2) is 29.4 Å². The summed E-state index contributed by atoms with van der Waals surface area (Å²) in [5.74, 6) is -0.204. The summed E-state index contributed by atoms with van der Waals surface area (Å²) in [7, 11) is 0. The largest absolute Gasteiger partial charge is 0.396 e. The van der Waals surface area contributed by atoms with Gasteiger partial charge in [-0.3, -0.25) is 9.59 Å². The van der Waals surface area contributed by atoms with Crippen molar-refractivity contribution < 1.29 is 14.7 Å². The van der Waals surface area contributed by atoms with E-state index in [0.717, 1.165) is 11.1 Å². The Morgan fingerprint density at radius 2 is 1.58 bits per heavy atom. The van der Waals surface area contributed by atoms with Crippen molar-refractivity contribution in [2.75, 3.05) is 6.61 Å². The van der Waals surface area contributed by atoms with E-state index in [2.05, 4.69) is 5.32 Å². The highest BCUT2D eigenvalue weighted by Crippen LogP contribution is 2.19. The number of benzene rings is 2. The normalized spacial score (nSPS) is 11.8. The smallest absolute Gasteiger partial charge is 0.220 e. The molecule has 0 radical (unpaired) electrons. The molecule has 2 rings (SSSR count). The molecule has 0 aromatic heterocycles. The summed E-state index contributed by atoms with van der Waals surface area (Å²) in [5, 5.41) is 11.6. The Morgan fingerprint density at radius 1 is 0.958 bits per heavy atom. The first kappa shape index (κ1) is 17.9. The predicted molar refractivity (Wildman–Crippen MR) is 94.8 cm³/mol. The number of amides is 1. The summed E-state index contributed by atoms with van der Waals surface area (Å²) < 4.78 is 0. The maximum atomic E-state index is 12.2. The van der Waals surface area contributed by atoms with Crippen molar-refractivity contribution in [1.29, 1.82) is 0 Å². The van der Waals surface area contributed by atoms with Crippen LogP contribution in [0.3, 0.4) is 0 Å². The number of aliphatic hydroxyl groups excluding tert-OH is 1. The van der Waals surface area contributed by atoms with Crippen LogP contribution >= 0.6 is 0 Å². The van der Waals surface area contributed by atoms with Gasteiger partial charge < -0.3 is 10.4 Å². The lowest BCUT2D eigenvalue weighted by Gasteiger charge is -2.12. The fraction of sp³-hybridized carbons (Fsp3) is 0.300. The minimum atomic E-state index is -0.162. The molecule has 0 heterocycles. The van der Waals surface area contributed by atoms with E-state index in [1.807, 2.05) is 49.4 Å². The Morgan fingerprint density at radius 3 is 2.21 bits per heavy atom. The van der Waals surface area contributed by atoms with Crippen molar-refractivity contribution in [2.24, 2.45) is 0 Å². The molecule has 0 spiro atoms. The van der Waals surface area contributed by atoms with Crippen molar-refractivity contribution in [1.82, 2.24) is 5.32 Å². The molecule has 0 saturated carbocycles. The minimum absolute atomic E-state index is 0.0359. The molecule has 2 aromatic carbocycles. The Labute approximate surface area is 142 Å². The van der Waals surface area contributed by atoms with Gasteiger partial charge in [0.2, 0.25) is 5.91 Å². The van der Waals surface area contributed by atoms with E-state index in [1.54, 1.807) is 12.1 Å². The Kier molecular flexibility index (Phi) is 6.70. The number of rotatable bonds is 8. The summed E-state index contributed by atoms with van der Waals surface area (Å²) in [4.78, 5) is 23.9. The van der Waals surface area contributed by atoms with Crippen molar-refractivity contribution in [3.05, 3.63) is 60.2 Å². The number of carbonyl (C=O) groups excluding carboxylic acids is 2. The number of hydrogen-bond acceptors (Lipinski definition) is 3. The van der Waals surface area contributed by atoms with E-state index < -0.39 is 0 Å². The average Bonchev–Trinajstić information content (AvgIpc) is 2.61. The summed E-state index contributed by atoms with van der Waals surface area (Å²) in [6.07, 6.45) is 0.859. The molecule has 0 fully saturated rings. The second kappa shape index (κ2) is 8.99. The second-order valence-corrected chi connectivity index (χ2v) is 5.85. The molecular weight excluding hydrogens is 302 g/mol. The SMILES string of the molecule is CC(CCO)NC(=O)CCC(=O)c1ccc(-c2ccccc2)cc1. The van der Waals surface area contributed by atoms with Gasteiger partial charge in [0.15, 0.2) is 5.78 Å². The van der Waals surface area contributed by atoms with Crippen molar-refractivity contribution in [2.45, 2.75) is 32.2 Å². The Bertz CT molecular complexity index is 665. The molecule has 0 saturated heterocycles. The van der Waals surface area contributed by atoms with Crippen LogP contribution in [0, 0.1) is 0 Å². The number of hydrogen-bond donors (Lipinski definition) is 2. The van der Waals surface area contributed by atoms with Crippen LogP contribution in [0.25, 0.3) is 11.1 Å². The van der Waals surface area contributed by atoms with Crippen molar-refractivity contribution >= 4 is 11.7 Å². The van der Waals surface area contributed by atoms with Gasteiger partial charge in [-0.1, -0.05) is 54.6 Å². The predicted octanol–water partition coefficient (Wildman–Crippen LogP) is 3.20. The molecule has 2 N–H and O–H groups in total. The van der Waals surface area contributed by atoms with Crippen LogP contribution in [0.15, 0.2) is 54.6 Å². The summed E-state index contributed by atoms with van der Waals surface area (Å²) in [5.41, 5.74) is 2.78. The quantitative estimate of drug-likeness (QED) is 0.733. The van der Waals surface area contributed by atoms with Gasteiger partial charge in [0, 0.05) is 31.1 Å². The molecule has 1 amide bonds. The number of carbonyl (C=O) groups is 2. The number of nitrogens with one attached hydrogen (secondary N) is 1. The van der Waals surface area contributed by atoms with Gasteiger partial charge in [0.25, 0.3) is 0 Å². The lowest BCUT2D eigenvalue weighted by molar-refractivity contribution is -0.121. The van der Waals surface area contributed by atoms with Crippen LogP contribution in [0.1, 0.15) is 36.5 Å². The number of ketones is 1. The molecule has 0 bridgehead atoms. The zero-order chi connectivity index (χ0) is 17.4. The van der Waals surface area contributed by atoms with Crippen LogP contribution in [0.5, 0.6) is 0 Å². The second-order valence-electron chi connectivity index (χ2n) is 5.85. The van der Waals surface area contributed by atoms with Gasteiger partial charge in [-0.2, -0.15) is 0 Å². The van der Waals surface area contributed by atoms with Gasteiger partial charge in [0.05, 0.1) is 0 Å². The Hall–Kier alpha value is -2.46. The van der Waals surface area contributed by atoms with Crippen molar-refractivity contribution in [3.63, 3.8) is 0 Å². The van der Waals surface area contributed by atoms with Crippen molar-refractivity contribution in [3.8, 4) is 11.1 Å². The van der Waals surface area contributed by atoms with Crippen LogP contribution in [0.4, 0.5) is 0 Å². The third-order valence-electron chi connectivity index (χ3n) is 3.86. The highest BCUT2D eigenvalue weighted by atomic mass is 16.3. The third-order valence-corrected chi connectivity index (χ3v) is 3.86. The van der Waals surface area contributed by atoms with Gasteiger partial charge in [-0.05, 0) is 24.5 Å². The van der Waals surface area contributed by atoms with E-state index in [0.29, 0.717) is 12.0 Å². The lowest BCUT2D eigenvalue weighted by atomic mass is 10.0. The lowest BCUT2D eigenvalue weighted by Crippen LogP contribution is -2.33. The average molecular weight is 325 g/mol. The fourth-order valence-corrected chi connectivity index (χ4v) is 2.46. The zero-order valence-corrected chi connectivity index (χ0v) is 13.9. The molecule has 4 nitrogen and oxygen atoms in total. The maximum Gasteiger partial charge on any atom is 0.220 e. The van der Waals surface area contributed by atoms with Gasteiger partial charge in [0.1, 0.15) is 0 Å². The van der Waals surface area contributed by atoms with E-state index in [9.17, 15) is 9.59 Å². The van der Waals surface area contributed by atoms with Gasteiger partial charge in [-0.15, -0.1) is 0 Å². The topological polar surface area (TPSA) is 66.4 Å². The summed E-state index contributed by atoms with van der Waals surface area (Å²) >= 11 is 0. The molecule has 4 heteroatoms. The fourth-order valence-electron chi connectivity index (χ4n) is 2.46. The summed E-state index contributed by atoms with van der Waals surface area (Å²) in [6.45, 7) is 1.87. The number of aliphatic hydroxyl groups is 1. The first-order valence-corrected chi connectivity index (χ1v) is 8.19. The van der Waals surface area contributed by atoms with Crippen LogP contribution in [0.2, 0.25) is 0 Å². The molecule has 1 atom stereocenters. The zero-order valence-electron chi connectivity index (χ0n) is 13.9. The Balaban J connectivity index is 1.88. The van der Waals surface area contributed by atoms with Gasteiger partial charge in [-0.25, -0.2) is 0 Å². The van der Waals surface area contributed by atoms with Crippen LogP contribution < -0.4 is 5.32 Å². The molecule has 2 aromatic rings. The van der Waals surface area contributed by atoms with E-state index >= 15 is 0 Å². The first-order valence-electron chi connectivity index (χ1n) is 8.19. The van der Waals surface area contributed by atoms with E-state index in [-0.39, 0.29) is 37.2 Å². The molecule has 1 unspecified atom stereocenters. The molecule has 0 aliphatic rings. The molecule has 0 aliphatic carbocycles. The standard InChI is InChI=1S/C20H23NO3/c1-15(13-14-22)21-20(24)12-11-19(23)18-9-7-17(8-10-18)16-5-3-2-4-6-16/h2-10,15,22H,11-14H2,1H3,(H,21,24). The third kappa shape index (κ3) is 5.32. The van der Waals surface area contributed by atoms with Gasteiger partial charge >= 0.3 is 0 Å². The maximum absolute atomic E-state index is 12.2. The number of Topliss-reactive ketones (excluding diaryl/α,β-unsaturated/α-hetero) is 1. The molecule has 24 heavy (non-hydrogen) atoms. The summed E-state index contributed by atoms with van der Waals surface area (Å²) in [6, 6.07) is 17.3. The van der Waals surface area contributed by atoms with E-state index in [1.165, 1.54) is 0 Å². The van der Waals surface area contributed by atoms with Crippen LogP contribution in [-0.2, 0) is 4.79 Å². The molecular formula is C20H23NO3. The highest BCUT2D eigenvalue weighted by Gasteiger charge is 2.11.